The van der Waals surface area contributed by atoms with E-state index in [-0.39, 0.29) is 6.03 Å². The maximum Gasteiger partial charge on any atom is 0.319 e. The molecular weight excluding hydrogens is 364 g/mol. The van der Waals surface area contributed by atoms with Gasteiger partial charge in [0.2, 0.25) is 0 Å². The summed E-state index contributed by atoms with van der Waals surface area (Å²) in [4.78, 5) is 11.8. The van der Waals surface area contributed by atoms with Crippen molar-refractivity contribution >= 4 is 22.6 Å². The van der Waals surface area contributed by atoms with Crippen molar-refractivity contribution in [2.75, 3.05) is 19.0 Å². The van der Waals surface area contributed by atoms with E-state index in [4.69, 9.17) is 4.74 Å². The Bertz CT molecular complexity index is 1010. The van der Waals surface area contributed by atoms with Gasteiger partial charge in [0.25, 0.3) is 0 Å². The highest BCUT2D eigenvalue weighted by molar-refractivity contribution is 5.95. The second kappa shape index (κ2) is 10.2. The fourth-order valence-corrected chi connectivity index (χ4v) is 3.12. The average Bonchev–Trinajstić information content (AvgIpc) is 3.05. The topological polar surface area (TPSA) is 79.1 Å². The minimum absolute atomic E-state index is 0.223. The van der Waals surface area contributed by atoms with Crippen LogP contribution >= 0.6 is 0 Å². The predicted octanol–water partition coefficient (Wildman–Crippen LogP) is 5.28. The number of methoxy groups -OCH3 is 1. The van der Waals surface area contributed by atoms with Crippen LogP contribution in [0, 0.1) is 11.3 Å². The summed E-state index contributed by atoms with van der Waals surface area (Å²) in [5, 5.41) is 16.2. The number of ether oxygens (including phenoxy) is 1. The molecule has 1 aromatic heterocycles. The van der Waals surface area contributed by atoms with Crippen molar-refractivity contribution in [3.63, 3.8) is 0 Å². The SMILES string of the molecule is CC.CCCNC(=O)Nc1ccc(-c2c(C#N)c3ccc(OC)cc3n2C)cc1. The van der Waals surface area contributed by atoms with Crippen LogP contribution in [0.4, 0.5) is 10.5 Å². The van der Waals surface area contributed by atoms with Crippen LogP contribution in [0.5, 0.6) is 5.75 Å². The monoisotopic (exact) mass is 392 g/mol. The molecule has 6 heteroatoms. The maximum atomic E-state index is 11.8. The van der Waals surface area contributed by atoms with E-state index in [9.17, 15) is 10.1 Å². The van der Waals surface area contributed by atoms with Crippen molar-refractivity contribution < 1.29 is 9.53 Å². The number of carbonyl (C=O) groups is 1. The number of anilines is 1. The molecule has 0 aliphatic carbocycles. The number of nitrogens with one attached hydrogen (secondary N) is 2. The zero-order valence-corrected chi connectivity index (χ0v) is 17.7. The van der Waals surface area contributed by atoms with E-state index in [0.29, 0.717) is 17.8 Å². The first-order chi connectivity index (χ1) is 14.1. The molecule has 3 rings (SSSR count). The number of hydrogen-bond donors (Lipinski definition) is 2. The maximum absolute atomic E-state index is 11.8. The minimum atomic E-state index is -0.223. The number of urea groups is 1. The van der Waals surface area contributed by atoms with Crippen molar-refractivity contribution in [2.24, 2.45) is 7.05 Å². The Morgan fingerprint density at radius 1 is 1.17 bits per heavy atom. The van der Waals surface area contributed by atoms with Crippen molar-refractivity contribution in [3.8, 4) is 23.1 Å². The van der Waals surface area contributed by atoms with Crippen LogP contribution in [0.3, 0.4) is 0 Å². The number of nitriles is 1. The number of benzene rings is 2. The third kappa shape index (κ3) is 4.69. The van der Waals surface area contributed by atoms with Gasteiger partial charge >= 0.3 is 6.03 Å². The van der Waals surface area contributed by atoms with Crippen molar-refractivity contribution in [3.05, 3.63) is 48.0 Å². The lowest BCUT2D eigenvalue weighted by Gasteiger charge is -2.09. The van der Waals surface area contributed by atoms with E-state index in [2.05, 4.69) is 16.7 Å². The van der Waals surface area contributed by atoms with E-state index in [1.807, 2.05) is 74.9 Å². The molecule has 152 valence electrons. The Morgan fingerprint density at radius 3 is 2.45 bits per heavy atom. The molecule has 3 aromatic rings. The Morgan fingerprint density at radius 2 is 1.86 bits per heavy atom. The molecule has 0 aliphatic rings. The predicted molar refractivity (Wildman–Crippen MR) is 118 cm³/mol. The summed E-state index contributed by atoms with van der Waals surface area (Å²) >= 11 is 0. The molecule has 0 saturated carbocycles. The van der Waals surface area contributed by atoms with Gasteiger partial charge in [0.05, 0.1) is 23.9 Å². The molecule has 29 heavy (non-hydrogen) atoms. The van der Waals surface area contributed by atoms with Crippen molar-refractivity contribution in [1.29, 1.82) is 5.26 Å². The highest BCUT2D eigenvalue weighted by Gasteiger charge is 2.17. The Kier molecular flexibility index (Phi) is 7.67. The number of nitrogens with zero attached hydrogens (tertiary/aromatic N) is 2. The molecule has 0 saturated heterocycles. The molecule has 2 N–H and O–H groups in total. The first-order valence-corrected chi connectivity index (χ1v) is 9.80. The van der Waals surface area contributed by atoms with Gasteiger partial charge < -0.3 is 19.9 Å². The summed E-state index contributed by atoms with van der Waals surface area (Å²) in [5.41, 5.74) is 4.00. The quantitative estimate of drug-likeness (QED) is 0.620. The van der Waals surface area contributed by atoms with Gasteiger partial charge in [-0.05, 0) is 36.2 Å². The molecule has 0 unspecified atom stereocenters. The van der Waals surface area contributed by atoms with Gasteiger partial charge in [0.15, 0.2) is 0 Å². The molecule has 2 aromatic carbocycles. The van der Waals surface area contributed by atoms with Crippen LogP contribution in [0.2, 0.25) is 0 Å². The summed E-state index contributed by atoms with van der Waals surface area (Å²) in [6.07, 6.45) is 0.884. The van der Waals surface area contributed by atoms with Crippen LogP contribution < -0.4 is 15.4 Å². The fraction of sp³-hybridized carbons (Fsp3) is 0.304. The molecule has 0 atom stereocenters. The number of aryl methyl sites for hydroxylation is 1. The molecule has 2 amide bonds. The number of aromatic nitrogens is 1. The summed E-state index contributed by atoms with van der Waals surface area (Å²) in [6, 6.07) is 15.3. The van der Waals surface area contributed by atoms with E-state index in [1.54, 1.807) is 7.11 Å². The number of fused-ring (bicyclic) bond motifs is 1. The molecule has 0 radical (unpaired) electrons. The second-order valence-electron chi connectivity index (χ2n) is 6.24. The zero-order valence-electron chi connectivity index (χ0n) is 17.7. The highest BCUT2D eigenvalue weighted by Crippen LogP contribution is 2.34. The Balaban J connectivity index is 0.00000145. The number of amides is 2. The van der Waals surface area contributed by atoms with Gasteiger partial charge in [-0.3, -0.25) is 0 Å². The number of rotatable bonds is 5. The van der Waals surface area contributed by atoms with Crippen LogP contribution in [0.25, 0.3) is 22.2 Å². The largest absolute Gasteiger partial charge is 0.497 e. The molecular formula is C23H28N4O2. The van der Waals surface area contributed by atoms with Crippen LogP contribution in [0.1, 0.15) is 32.8 Å². The van der Waals surface area contributed by atoms with Gasteiger partial charge in [-0.15, -0.1) is 0 Å². The van der Waals surface area contributed by atoms with Gasteiger partial charge in [-0.25, -0.2) is 4.79 Å². The molecule has 6 nitrogen and oxygen atoms in total. The third-order valence-electron chi connectivity index (χ3n) is 4.47. The van der Waals surface area contributed by atoms with E-state index in [0.717, 1.165) is 34.3 Å². The van der Waals surface area contributed by atoms with Gasteiger partial charge in [0.1, 0.15) is 11.8 Å². The van der Waals surface area contributed by atoms with Crippen LogP contribution in [-0.4, -0.2) is 24.3 Å². The van der Waals surface area contributed by atoms with E-state index >= 15 is 0 Å². The fourth-order valence-electron chi connectivity index (χ4n) is 3.12. The summed E-state index contributed by atoms with van der Waals surface area (Å²) in [5.74, 6) is 0.747. The van der Waals surface area contributed by atoms with Crippen LogP contribution in [0.15, 0.2) is 42.5 Å². The summed E-state index contributed by atoms with van der Waals surface area (Å²) in [6.45, 7) is 6.64. The van der Waals surface area contributed by atoms with Gasteiger partial charge in [-0.2, -0.15) is 5.26 Å². The standard InChI is InChI=1S/C21H22N4O2.C2H6/c1-4-11-23-21(26)24-15-7-5-14(6-8-15)20-18(13-22)17-10-9-16(27-3)12-19(17)25(20)2;1-2/h5-10,12H,4,11H2,1-3H3,(H2,23,24,26);1-2H3. The van der Waals surface area contributed by atoms with Crippen molar-refractivity contribution in [1.82, 2.24) is 9.88 Å². The molecule has 0 spiro atoms. The highest BCUT2D eigenvalue weighted by atomic mass is 16.5. The molecule has 1 heterocycles. The third-order valence-corrected chi connectivity index (χ3v) is 4.47. The molecule has 0 aliphatic heterocycles. The normalized spacial score (nSPS) is 9.93. The zero-order chi connectivity index (χ0) is 21.4. The smallest absolute Gasteiger partial charge is 0.319 e. The summed E-state index contributed by atoms with van der Waals surface area (Å²) in [7, 11) is 3.56. The number of carbonyl (C=O) groups excluding carboxylic acids is 1. The number of hydrogen-bond acceptors (Lipinski definition) is 3. The molecule has 0 fully saturated rings. The lowest BCUT2D eigenvalue weighted by atomic mass is 10.1. The van der Waals surface area contributed by atoms with Crippen molar-refractivity contribution in [2.45, 2.75) is 27.2 Å². The molecule has 0 bridgehead atoms. The van der Waals surface area contributed by atoms with Crippen LogP contribution in [-0.2, 0) is 7.05 Å². The summed E-state index contributed by atoms with van der Waals surface area (Å²) < 4.78 is 7.30. The first kappa shape index (κ1) is 21.8. The lowest BCUT2D eigenvalue weighted by Crippen LogP contribution is -2.29. The minimum Gasteiger partial charge on any atom is -0.497 e. The Hall–Kier alpha value is -3.46. The average molecular weight is 393 g/mol. The van der Waals surface area contributed by atoms with Gasteiger partial charge in [0, 0.05) is 30.7 Å². The Labute approximate surface area is 172 Å². The first-order valence-electron chi connectivity index (χ1n) is 9.80. The van der Waals surface area contributed by atoms with Gasteiger partial charge in [-0.1, -0.05) is 32.9 Å². The van der Waals surface area contributed by atoms with E-state index in [1.165, 1.54) is 0 Å². The lowest BCUT2D eigenvalue weighted by molar-refractivity contribution is 0.252. The van der Waals surface area contributed by atoms with E-state index < -0.39 is 0 Å². The second-order valence-corrected chi connectivity index (χ2v) is 6.24.